The van der Waals surface area contributed by atoms with Crippen LogP contribution in [0.1, 0.15) is 29.3 Å². The molecular formula is C14H19N3O3. The van der Waals surface area contributed by atoms with E-state index < -0.39 is 4.92 Å². The lowest BCUT2D eigenvalue weighted by atomic mass is 10.0. The van der Waals surface area contributed by atoms with Crippen molar-refractivity contribution in [2.75, 3.05) is 19.6 Å². The van der Waals surface area contributed by atoms with Crippen LogP contribution in [-0.2, 0) is 0 Å². The Morgan fingerprint density at radius 1 is 1.50 bits per heavy atom. The molecular weight excluding hydrogens is 258 g/mol. The van der Waals surface area contributed by atoms with Crippen LogP contribution in [0.4, 0.5) is 5.69 Å². The van der Waals surface area contributed by atoms with Gasteiger partial charge < -0.3 is 10.2 Å². The summed E-state index contributed by atoms with van der Waals surface area (Å²) in [5.74, 6) is -0.112. The van der Waals surface area contributed by atoms with Gasteiger partial charge in [0.1, 0.15) is 0 Å². The zero-order valence-corrected chi connectivity index (χ0v) is 11.8. The van der Waals surface area contributed by atoms with Gasteiger partial charge in [0.05, 0.1) is 11.0 Å². The molecule has 1 aliphatic rings. The van der Waals surface area contributed by atoms with Gasteiger partial charge in [-0.2, -0.15) is 0 Å². The number of rotatable bonds is 5. The molecule has 1 fully saturated rings. The zero-order valence-electron chi connectivity index (χ0n) is 11.8. The van der Waals surface area contributed by atoms with E-state index >= 15 is 0 Å². The Labute approximate surface area is 117 Å². The number of amides is 1. The Bertz CT molecular complexity index is 526. The van der Waals surface area contributed by atoms with Gasteiger partial charge in [-0.05, 0) is 19.4 Å². The van der Waals surface area contributed by atoms with Crippen LogP contribution in [0, 0.1) is 17.0 Å². The van der Waals surface area contributed by atoms with Crippen LogP contribution in [0.25, 0.3) is 0 Å². The first-order chi connectivity index (χ1) is 9.56. The van der Waals surface area contributed by atoms with Crippen molar-refractivity contribution in [2.24, 2.45) is 0 Å². The van der Waals surface area contributed by atoms with E-state index in [2.05, 4.69) is 5.32 Å². The highest BCUT2D eigenvalue weighted by Crippen LogP contribution is 2.23. The van der Waals surface area contributed by atoms with Gasteiger partial charge in [0.15, 0.2) is 0 Å². The average Bonchev–Trinajstić information content (AvgIpc) is 2.35. The van der Waals surface area contributed by atoms with Crippen molar-refractivity contribution >= 4 is 11.6 Å². The number of benzene rings is 1. The molecule has 0 atom stereocenters. The van der Waals surface area contributed by atoms with E-state index in [1.165, 1.54) is 6.07 Å². The predicted octanol–water partition coefficient (Wildman–Crippen LogP) is 1.73. The monoisotopic (exact) mass is 277 g/mol. The number of nitrogens with zero attached hydrogens (tertiary/aromatic N) is 2. The molecule has 20 heavy (non-hydrogen) atoms. The molecule has 0 radical (unpaired) electrons. The van der Waals surface area contributed by atoms with Gasteiger partial charge >= 0.3 is 0 Å². The van der Waals surface area contributed by atoms with E-state index in [0.717, 1.165) is 19.5 Å². The van der Waals surface area contributed by atoms with Crippen molar-refractivity contribution in [3.05, 3.63) is 39.4 Å². The molecule has 1 heterocycles. The van der Waals surface area contributed by atoms with E-state index in [1.807, 2.05) is 11.8 Å². The smallest absolute Gasteiger partial charge is 0.273 e. The molecule has 0 aliphatic carbocycles. The van der Waals surface area contributed by atoms with Crippen LogP contribution in [0.5, 0.6) is 0 Å². The van der Waals surface area contributed by atoms with Gasteiger partial charge in [0, 0.05) is 36.8 Å². The maximum atomic E-state index is 12.6. The minimum Gasteiger partial charge on any atom is -0.333 e. The van der Waals surface area contributed by atoms with Crippen molar-refractivity contribution in [2.45, 2.75) is 26.3 Å². The van der Waals surface area contributed by atoms with E-state index in [1.54, 1.807) is 19.1 Å². The van der Waals surface area contributed by atoms with Gasteiger partial charge in [0.2, 0.25) is 0 Å². The molecule has 2 rings (SSSR count). The average molecular weight is 277 g/mol. The SMILES string of the molecule is CCCN(C(=O)c1cccc([N+](=O)[O-])c1C)C1CNC1. The topological polar surface area (TPSA) is 75.5 Å². The molecule has 0 aromatic heterocycles. The lowest BCUT2D eigenvalue weighted by Crippen LogP contribution is -2.59. The molecule has 1 aromatic rings. The molecule has 0 unspecified atom stereocenters. The molecule has 1 aromatic carbocycles. The molecule has 1 aliphatic heterocycles. The van der Waals surface area contributed by atoms with Crippen LogP contribution in [0.15, 0.2) is 18.2 Å². The molecule has 0 bridgehead atoms. The first-order valence-electron chi connectivity index (χ1n) is 6.82. The summed E-state index contributed by atoms with van der Waals surface area (Å²) in [6, 6.07) is 4.86. The molecule has 6 heteroatoms. The number of hydrogen-bond donors (Lipinski definition) is 1. The van der Waals surface area contributed by atoms with E-state index in [0.29, 0.717) is 17.7 Å². The first-order valence-corrected chi connectivity index (χ1v) is 6.82. The largest absolute Gasteiger partial charge is 0.333 e. The summed E-state index contributed by atoms with van der Waals surface area (Å²) in [5, 5.41) is 14.1. The summed E-state index contributed by atoms with van der Waals surface area (Å²) in [4.78, 5) is 25.0. The van der Waals surface area contributed by atoms with Gasteiger partial charge in [-0.3, -0.25) is 14.9 Å². The van der Waals surface area contributed by atoms with E-state index in [4.69, 9.17) is 0 Å². The second-order valence-corrected chi connectivity index (χ2v) is 5.02. The standard InChI is InChI=1S/C14H19N3O3/c1-3-7-16(11-8-15-9-11)14(18)12-5-4-6-13(10(12)2)17(19)20/h4-6,11,15H,3,7-9H2,1-2H3. The highest BCUT2D eigenvalue weighted by atomic mass is 16.6. The minimum absolute atomic E-state index is 0.000895. The van der Waals surface area contributed by atoms with Crippen molar-refractivity contribution in [3.63, 3.8) is 0 Å². The van der Waals surface area contributed by atoms with Gasteiger partial charge in [-0.15, -0.1) is 0 Å². The van der Waals surface area contributed by atoms with Crippen molar-refractivity contribution in [3.8, 4) is 0 Å². The molecule has 0 spiro atoms. The van der Waals surface area contributed by atoms with Crippen molar-refractivity contribution < 1.29 is 9.72 Å². The van der Waals surface area contributed by atoms with Crippen LogP contribution < -0.4 is 5.32 Å². The Morgan fingerprint density at radius 3 is 2.70 bits per heavy atom. The van der Waals surface area contributed by atoms with E-state index in [-0.39, 0.29) is 17.6 Å². The van der Waals surface area contributed by atoms with Gasteiger partial charge in [-0.1, -0.05) is 13.0 Å². The fraction of sp³-hybridized carbons (Fsp3) is 0.500. The normalized spacial score (nSPS) is 14.7. The number of nitrogens with one attached hydrogen (secondary N) is 1. The fourth-order valence-corrected chi connectivity index (χ4v) is 2.39. The molecule has 6 nitrogen and oxygen atoms in total. The maximum absolute atomic E-state index is 12.6. The number of carbonyl (C=O) groups excluding carboxylic acids is 1. The predicted molar refractivity (Wildman–Crippen MR) is 75.8 cm³/mol. The van der Waals surface area contributed by atoms with Crippen LogP contribution >= 0.6 is 0 Å². The molecule has 1 amide bonds. The van der Waals surface area contributed by atoms with Crippen LogP contribution in [-0.4, -0.2) is 41.4 Å². The lowest BCUT2D eigenvalue weighted by Gasteiger charge is -2.38. The third-order valence-electron chi connectivity index (χ3n) is 3.66. The number of nitro benzene ring substituents is 1. The third-order valence-corrected chi connectivity index (χ3v) is 3.66. The van der Waals surface area contributed by atoms with Gasteiger partial charge in [0.25, 0.3) is 11.6 Å². The van der Waals surface area contributed by atoms with E-state index in [9.17, 15) is 14.9 Å². The lowest BCUT2D eigenvalue weighted by molar-refractivity contribution is -0.385. The van der Waals surface area contributed by atoms with Crippen molar-refractivity contribution in [1.82, 2.24) is 10.2 Å². The summed E-state index contributed by atoms with van der Waals surface area (Å²) in [5.41, 5.74) is 0.870. The fourth-order valence-electron chi connectivity index (χ4n) is 2.39. The molecule has 1 N–H and O–H groups in total. The van der Waals surface area contributed by atoms with Gasteiger partial charge in [-0.25, -0.2) is 0 Å². The maximum Gasteiger partial charge on any atom is 0.273 e. The highest BCUT2D eigenvalue weighted by molar-refractivity contribution is 5.96. The Morgan fingerprint density at radius 2 is 2.20 bits per heavy atom. The number of hydrogen-bond acceptors (Lipinski definition) is 4. The quantitative estimate of drug-likeness (QED) is 0.657. The second-order valence-electron chi connectivity index (χ2n) is 5.02. The summed E-state index contributed by atoms with van der Waals surface area (Å²) in [7, 11) is 0. The molecule has 108 valence electrons. The summed E-state index contributed by atoms with van der Waals surface area (Å²) >= 11 is 0. The number of carbonyl (C=O) groups is 1. The Balaban J connectivity index is 2.31. The Hall–Kier alpha value is -1.95. The third kappa shape index (κ3) is 2.65. The van der Waals surface area contributed by atoms with Crippen LogP contribution in [0.2, 0.25) is 0 Å². The summed E-state index contributed by atoms with van der Waals surface area (Å²) < 4.78 is 0. The molecule has 1 saturated heterocycles. The minimum atomic E-state index is -0.443. The molecule has 0 saturated carbocycles. The summed E-state index contributed by atoms with van der Waals surface area (Å²) in [6.07, 6.45) is 0.871. The first kappa shape index (κ1) is 14.5. The zero-order chi connectivity index (χ0) is 14.7. The summed E-state index contributed by atoms with van der Waals surface area (Å²) in [6.45, 7) is 5.91. The highest BCUT2D eigenvalue weighted by Gasteiger charge is 2.30. The van der Waals surface area contributed by atoms with Crippen molar-refractivity contribution in [1.29, 1.82) is 0 Å². The van der Waals surface area contributed by atoms with Crippen LogP contribution in [0.3, 0.4) is 0 Å². The number of nitro groups is 1. The Kier molecular flexibility index (Phi) is 4.34. The second kappa shape index (κ2) is 6.00.